The van der Waals surface area contributed by atoms with Crippen molar-refractivity contribution in [3.05, 3.63) is 11.6 Å². The Morgan fingerprint density at radius 1 is 1.33 bits per heavy atom. The Hall–Kier alpha value is -0.590. The monoisotopic (exact) mass is 168 g/mol. The highest BCUT2D eigenvalue weighted by Gasteiger charge is 1.92. The van der Waals surface area contributed by atoms with E-state index in [0.717, 1.165) is 25.0 Å². The molecule has 0 heterocycles. The lowest BCUT2D eigenvalue weighted by atomic mass is 10.1. The van der Waals surface area contributed by atoms with Gasteiger partial charge in [-0.2, -0.15) is 0 Å². The maximum Gasteiger partial charge on any atom is 0.120 e. The molecule has 0 aliphatic heterocycles. The largest absolute Gasteiger partial charge is 0.303 e. The van der Waals surface area contributed by atoms with Gasteiger partial charge in [-0.05, 0) is 32.1 Å². The van der Waals surface area contributed by atoms with Crippen LogP contribution in [0.4, 0.5) is 0 Å². The van der Waals surface area contributed by atoms with E-state index >= 15 is 0 Å². The van der Waals surface area contributed by atoms with Crippen LogP contribution in [0.3, 0.4) is 0 Å². The summed E-state index contributed by atoms with van der Waals surface area (Å²) in [6.45, 7) is 6.56. The van der Waals surface area contributed by atoms with Crippen LogP contribution in [-0.2, 0) is 4.79 Å². The molecule has 70 valence electrons. The molecule has 0 radical (unpaired) electrons. The first-order valence-corrected chi connectivity index (χ1v) is 4.76. The third-order valence-electron chi connectivity index (χ3n) is 1.89. The zero-order valence-corrected chi connectivity index (χ0v) is 8.47. The first kappa shape index (κ1) is 11.4. The van der Waals surface area contributed by atoms with Crippen LogP contribution in [0.2, 0.25) is 0 Å². The maximum absolute atomic E-state index is 10.1. The number of hydrogen-bond donors (Lipinski definition) is 0. The first-order valence-electron chi connectivity index (χ1n) is 4.76. The number of allylic oxidation sites excluding steroid dienone is 2. The van der Waals surface area contributed by atoms with Crippen molar-refractivity contribution in [1.29, 1.82) is 0 Å². The molecule has 0 aromatic rings. The van der Waals surface area contributed by atoms with E-state index in [4.69, 9.17) is 0 Å². The summed E-state index contributed by atoms with van der Waals surface area (Å²) in [6, 6.07) is 0. The molecule has 0 unspecified atom stereocenters. The van der Waals surface area contributed by atoms with Gasteiger partial charge in [0.25, 0.3) is 0 Å². The molecule has 0 atom stereocenters. The Kier molecular flexibility index (Phi) is 6.73. The summed E-state index contributed by atoms with van der Waals surface area (Å²) in [5.41, 5.74) is 1.35. The number of rotatable bonds is 6. The Morgan fingerprint density at radius 3 is 2.50 bits per heavy atom. The molecule has 12 heavy (non-hydrogen) atoms. The van der Waals surface area contributed by atoms with Gasteiger partial charge in [0, 0.05) is 6.42 Å². The minimum absolute atomic E-state index is 0.671. The molecule has 0 N–H and O–H groups in total. The van der Waals surface area contributed by atoms with Crippen molar-refractivity contribution in [3.8, 4) is 0 Å². The van der Waals surface area contributed by atoms with Crippen LogP contribution >= 0.6 is 0 Å². The Bertz CT molecular complexity index is 145. The third-order valence-corrected chi connectivity index (χ3v) is 1.89. The summed E-state index contributed by atoms with van der Waals surface area (Å²) < 4.78 is 0. The molecule has 0 bridgehead atoms. The number of carbonyl (C=O) groups excluding carboxylic acids is 1. The van der Waals surface area contributed by atoms with Gasteiger partial charge in [-0.25, -0.2) is 0 Å². The lowest BCUT2D eigenvalue weighted by molar-refractivity contribution is -0.107. The second-order valence-corrected chi connectivity index (χ2v) is 3.73. The average Bonchev–Trinajstić information content (AvgIpc) is 2.00. The summed E-state index contributed by atoms with van der Waals surface area (Å²) in [5, 5.41) is 0. The summed E-state index contributed by atoms with van der Waals surface area (Å²) in [4.78, 5) is 10.1. The minimum Gasteiger partial charge on any atom is -0.303 e. The van der Waals surface area contributed by atoms with Crippen molar-refractivity contribution in [2.24, 2.45) is 5.92 Å². The molecular weight excluding hydrogens is 148 g/mol. The predicted octanol–water partition coefficient (Wildman–Crippen LogP) is 3.35. The van der Waals surface area contributed by atoms with Crippen LogP contribution in [0.5, 0.6) is 0 Å². The highest BCUT2D eigenvalue weighted by atomic mass is 16.1. The number of carbonyl (C=O) groups is 1. The van der Waals surface area contributed by atoms with Crippen LogP contribution in [0.1, 0.15) is 46.5 Å². The van der Waals surface area contributed by atoms with E-state index in [1.165, 1.54) is 12.0 Å². The topological polar surface area (TPSA) is 17.1 Å². The fourth-order valence-corrected chi connectivity index (χ4v) is 1.05. The van der Waals surface area contributed by atoms with Crippen LogP contribution in [-0.4, -0.2) is 6.29 Å². The van der Waals surface area contributed by atoms with Crippen LogP contribution in [0.25, 0.3) is 0 Å². The molecule has 0 rings (SSSR count). The van der Waals surface area contributed by atoms with Crippen LogP contribution < -0.4 is 0 Å². The second-order valence-electron chi connectivity index (χ2n) is 3.73. The molecule has 0 spiro atoms. The third kappa shape index (κ3) is 7.52. The van der Waals surface area contributed by atoms with E-state index in [0.29, 0.717) is 6.42 Å². The van der Waals surface area contributed by atoms with Gasteiger partial charge in [-0.1, -0.05) is 25.5 Å². The molecule has 0 amide bonds. The number of hydrogen-bond acceptors (Lipinski definition) is 1. The summed E-state index contributed by atoms with van der Waals surface area (Å²) in [5.74, 6) is 0.778. The summed E-state index contributed by atoms with van der Waals surface area (Å²) in [7, 11) is 0. The van der Waals surface area contributed by atoms with Crippen molar-refractivity contribution >= 4 is 6.29 Å². The van der Waals surface area contributed by atoms with Crippen molar-refractivity contribution in [2.75, 3.05) is 0 Å². The molecular formula is C11H20O. The summed E-state index contributed by atoms with van der Waals surface area (Å²) >= 11 is 0. The molecule has 0 fully saturated rings. The lowest BCUT2D eigenvalue weighted by Crippen LogP contribution is -1.85. The van der Waals surface area contributed by atoms with Crippen molar-refractivity contribution in [2.45, 2.75) is 46.5 Å². The molecule has 1 nitrogen and oxygen atoms in total. The SMILES string of the molecule is C/C(=C/CCC(C)C)CCC=O. The summed E-state index contributed by atoms with van der Waals surface area (Å²) in [6.07, 6.45) is 7.25. The Morgan fingerprint density at radius 2 is 2.00 bits per heavy atom. The normalized spacial score (nSPS) is 12.2. The lowest BCUT2D eigenvalue weighted by Gasteiger charge is -2.01. The van der Waals surface area contributed by atoms with Crippen molar-refractivity contribution in [1.82, 2.24) is 0 Å². The average molecular weight is 168 g/mol. The molecule has 0 aliphatic rings. The van der Waals surface area contributed by atoms with Gasteiger partial charge in [-0.3, -0.25) is 0 Å². The van der Waals surface area contributed by atoms with E-state index in [9.17, 15) is 4.79 Å². The van der Waals surface area contributed by atoms with Gasteiger partial charge < -0.3 is 4.79 Å². The fourth-order valence-electron chi connectivity index (χ4n) is 1.05. The van der Waals surface area contributed by atoms with E-state index < -0.39 is 0 Å². The molecule has 0 saturated carbocycles. The fraction of sp³-hybridized carbons (Fsp3) is 0.727. The quantitative estimate of drug-likeness (QED) is 0.439. The molecule has 0 saturated heterocycles. The molecule has 1 heteroatoms. The predicted molar refractivity (Wildman–Crippen MR) is 53.1 cm³/mol. The van der Waals surface area contributed by atoms with E-state index in [1.807, 2.05) is 0 Å². The maximum atomic E-state index is 10.1. The molecule has 0 aromatic heterocycles. The Balaban J connectivity index is 3.47. The van der Waals surface area contributed by atoms with Crippen LogP contribution in [0, 0.1) is 5.92 Å². The van der Waals surface area contributed by atoms with Crippen LogP contribution in [0.15, 0.2) is 11.6 Å². The second kappa shape index (κ2) is 7.08. The zero-order valence-electron chi connectivity index (χ0n) is 8.47. The van der Waals surface area contributed by atoms with E-state index in [1.54, 1.807) is 0 Å². The highest BCUT2D eigenvalue weighted by Crippen LogP contribution is 2.09. The van der Waals surface area contributed by atoms with Gasteiger partial charge in [0.15, 0.2) is 0 Å². The zero-order chi connectivity index (χ0) is 9.40. The van der Waals surface area contributed by atoms with Gasteiger partial charge in [0.05, 0.1) is 0 Å². The van der Waals surface area contributed by atoms with E-state index in [-0.39, 0.29) is 0 Å². The van der Waals surface area contributed by atoms with Crippen molar-refractivity contribution in [3.63, 3.8) is 0 Å². The first-order chi connectivity index (χ1) is 5.66. The Labute approximate surface area is 75.9 Å². The van der Waals surface area contributed by atoms with Gasteiger partial charge >= 0.3 is 0 Å². The number of aldehydes is 1. The van der Waals surface area contributed by atoms with Gasteiger partial charge in [-0.15, -0.1) is 0 Å². The molecule has 0 aromatic carbocycles. The minimum atomic E-state index is 0.671. The van der Waals surface area contributed by atoms with Gasteiger partial charge in [0.2, 0.25) is 0 Å². The van der Waals surface area contributed by atoms with Crippen molar-refractivity contribution < 1.29 is 4.79 Å². The van der Waals surface area contributed by atoms with E-state index in [2.05, 4.69) is 26.8 Å². The highest BCUT2D eigenvalue weighted by molar-refractivity contribution is 5.49. The smallest absolute Gasteiger partial charge is 0.120 e. The molecule has 0 aliphatic carbocycles. The standard InChI is InChI=1S/C11H20O/c1-10(2)6-4-7-11(3)8-5-9-12/h7,9-10H,4-6,8H2,1-3H3/b11-7-. The van der Waals surface area contributed by atoms with Gasteiger partial charge in [0.1, 0.15) is 6.29 Å².